The molecule has 0 saturated heterocycles. The molecule has 0 amide bonds. The molecule has 21 heavy (non-hydrogen) atoms. The highest BCUT2D eigenvalue weighted by Crippen LogP contribution is 2.19. The summed E-state index contributed by atoms with van der Waals surface area (Å²) in [6.07, 6.45) is 10.3. The van der Waals surface area contributed by atoms with Gasteiger partial charge in [-0.05, 0) is 12.8 Å². The Bertz CT molecular complexity index is 327. The maximum Gasteiger partial charge on any atom is 0.270 e. The van der Waals surface area contributed by atoms with E-state index in [1.165, 1.54) is 19.3 Å². The van der Waals surface area contributed by atoms with E-state index in [2.05, 4.69) is 13.8 Å². The van der Waals surface area contributed by atoms with Crippen LogP contribution in [-0.4, -0.2) is 29.4 Å². The van der Waals surface area contributed by atoms with Crippen molar-refractivity contribution in [2.45, 2.75) is 102 Å². The van der Waals surface area contributed by atoms with Crippen molar-refractivity contribution in [2.24, 2.45) is 0 Å². The summed E-state index contributed by atoms with van der Waals surface area (Å²) in [6, 6.07) is 0. The van der Waals surface area contributed by atoms with E-state index in [0.29, 0.717) is 12.8 Å². The van der Waals surface area contributed by atoms with Gasteiger partial charge in [-0.1, -0.05) is 78.1 Å². The van der Waals surface area contributed by atoms with E-state index in [0.717, 1.165) is 44.9 Å². The van der Waals surface area contributed by atoms with Gasteiger partial charge in [-0.25, -0.2) is 0 Å². The van der Waals surface area contributed by atoms with E-state index in [1.807, 2.05) is 0 Å². The molecule has 128 valence electrons. The molecule has 0 heterocycles. The maximum atomic E-state index is 11.4. The van der Waals surface area contributed by atoms with Crippen LogP contribution >= 0.6 is 0 Å². The van der Waals surface area contributed by atoms with Gasteiger partial charge in [0.25, 0.3) is 10.1 Å². The lowest BCUT2D eigenvalue weighted by Crippen LogP contribution is -2.33. The number of aliphatic hydroxyl groups excluding tert-OH is 1. The average Bonchev–Trinajstić information content (AvgIpc) is 2.41. The first-order valence-electron chi connectivity index (χ1n) is 8.57. The molecule has 0 aliphatic rings. The summed E-state index contributed by atoms with van der Waals surface area (Å²) in [5.74, 6) is 0. The molecule has 0 spiro atoms. The third-order valence-corrected chi connectivity index (χ3v) is 5.32. The summed E-state index contributed by atoms with van der Waals surface area (Å²) in [4.78, 5) is 0. The predicted octanol–water partition coefficient (Wildman–Crippen LogP) is 4.32. The van der Waals surface area contributed by atoms with Crippen molar-refractivity contribution >= 4 is 10.1 Å². The standard InChI is InChI=1S/C16H34O4S/c1-3-5-7-9-10-12-14-16(21(18,19)20)15(17)13-11-8-6-4-2/h15-17H,3-14H2,1-2H3,(H,18,19,20). The number of unbranched alkanes of at least 4 members (excludes halogenated alkanes) is 8. The van der Waals surface area contributed by atoms with E-state index in [9.17, 15) is 18.1 Å². The van der Waals surface area contributed by atoms with Crippen molar-refractivity contribution in [3.63, 3.8) is 0 Å². The Morgan fingerprint density at radius 3 is 1.71 bits per heavy atom. The Morgan fingerprint density at radius 2 is 1.19 bits per heavy atom. The molecule has 0 rings (SSSR count). The van der Waals surface area contributed by atoms with Crippen molar-refractivity contribution in [1.29, 1.82) is 0 Å². The number of aliphatic hydroxyl groups is 1. The first-order valence-corrected chi connectivity index (χ1v) is 10.1. The Kier molecular flexibility index (Phi) is 12.3. The minimum absolute atomic E-state index is 0.361. The molecular formula is C16H34O4S. The molecule has 4 nitrogen and oxygen atoms in total. The van der Waals surface area contributed by atoms with Crippen LogP contribution in [0.1, 0.15) is 90.9 Å². The quantitative estimate of drug-likeness (QED) is 0.369. The van der Waals surface area contributed by atoms with Gasteiger partial charge in [-0.3, -0.25) is 4.55 Å². The minimum atomic E-state index is -4.15. The molecule has 2 N–H and O–H groups in total. The zero-order valence-electron chi connectivity index (χ0n) is 13.8. The van der Waals surface area contributed by atoms with Crippen LogP contribution in [0.2, 0.25) is 0 Å². The largest absolute Gasteiger partial charge is 0.392 e. The van der Waals surface area contributed by atoms with E-state index < -0.39 is 21.5 Å². The van der Waals surface area contributed by atoms with Gasteiger partial charge in [0.1, 0.15) is 5.25 Å². The molecule has 0 aliphatic carbocycles. The molecule has 2 atom stereocenters. The summed E-state index contributed by atoms with van der Waals surface area (Å²) in [5, 5.41) is 9.04. The van der Waals surface area contributed by atoms with Crippen LogP contribution in [0.3, 0.4) is 0 Å². The Morgan fingerprint density at radius 1 is 0.762 bits per heavy atom. The molecule has 5 heteroatoms. The summed E-state index contributed by atoms with van der Waals surface area (Å²) in [7, 11) is -4.15. The first-order chi connectivity index (χ1) is 9.93. The Labute approximate surface area is 131 Å². The van der Waals surface area contributed by atoms with Gasteiger partial charge in [0, 0.05) is 0 Å². The van der Waals surface area contributed by atoms with Gasteiger partial charge >= 0.3 is 0 Å². The molecule has 0 bridgehead atoms. The van der Waals surface area contributed by atoms with Gasteiger partial charge in [0.15, 0.2) is 0 Å². The van der Waals surface area contributed by atoms with Crippen molar-refractivity contribution in [3.05, 3.63) is 0 Å². The van der Waals surface area contributed by atoms with Gasteiger partial charge in [-0.15, -0.1) is 0 Å². The van der Waals surface area contributed by atoms with Crippen LogP contribution in [0.25, 0.3) is 0 Å². The Hall–Kier alpha value is -0.130. The summed E-state index contributed by atoms with van der Waals surface area (Å²) < 4.78 is 32.2. The average molecular weight is 323 g/mol. The molecule has 0 aromatic heterocycles. The first kappa shape index (κ1) is 20.9. The zero-order chi connectivity index (χ0) is 16.1. The number of rotatable bonds is 14. The van der Waals surface area contributed by atoms with Crippen molar-refractivity contribution < 1.29 is 18.1 Å². The van der Waals surface area contributed by atoms with Crippen LogP contribution in [0.4, 0.5) is 0 Å². The maximum absolute atomic E-state index is 11.4. The highest BCUT2D eigenvalue weighted by atomic mass is 32.2. The fourth-order valence-electron chi connectivity index (χ4n) is 2.63. The lowest BCUT2D eigenvalue weighted by Gasteiger charge is -2.20. The molecule has 0 fully saturated rings. The second kappa shape index (κ2) is 12.4. The molecule has 0 aliphatic heterocycles. The summed E-state index contributed by atoms with van der Waals surface area (Å²) in [6.45, 7) is 4.26. The summed E-state index contributed by atoms with van der Waals surface area (Å²) in [5.41, 5.74) is 0. The molecule has 0 aromatic rings. The van der Waals surface area contributed by atoms with E-state index in [-0.39, 0.29) is 0 Å². The minimum Gasteiger partial charge on any atom is -0.392 e. The van der Waals surface area contributed by atoms with E-state index in [1.54, 1.807) is 0 Å². The van der Waals surface area contributed by atoms with E-state index >= 15 is 0 Å². The van der Waals surface area contributed by atoms with Gasteiger partial charge in [0.2, 0.25) is 0 Å². The lowest BCUT2D eigenvalue weighted by molar-refractivity contribution is 0.146. The van der Waals surface area contributed by atoms with Crippen LogP contribution in [0, 0.1) is 0 Å². The molecule has 2 unspecified atom stereocenters. The molecular weight excluding hydrogens is 288 g/mol. The second-order valence-electron chi connectivity index (χ2n) is 6.03. The Balaban J connectivity index is 4.09. The normalized spacial score (nSPS) is 15.0. The van der Waals surface area contributed by atoms with Crippen LogP contribution in [0.15, 0.2) is 0 Å². The van der Waals surface area contributed by atoms with Crippen molar-refractivity contribution in [3.8, 4) is 0 Å². The van der Waals surface area contributed by atoms with Gasteiger partial charge in [-0.2, -0.15) is 8.42 Å². The monoisotopic (exact) mass is 322 g/mol. The summed E-state index contributed by atoms with van der Waals surface area (Å²) >= 11 is 0. The smallest absolute Gasteiger partial charge is 0.270 e. The zero-order valence-corrected chi connectivity index (χ0v) is 14.6. The van der Waals surface area contributed by atoms with Gasteiger partial charge in [0.05, 0.1) is 6.10 Å². The van der Waals surface area contributed by atoms with Crippen LogP contribution in [0.5, 0.6) is 0 Å². The fourth-order valence-corrected chi connectivity index (χ4v) is 3.63. The highest BCUT2D eigenvalue weighted by molar-refractivity contribution is 7.86. The predicted molar refractivity (Wildman–Crippen MR) is 88.1 cm³/mol. The van der Waals surface area contributed by atoms with Crippen LogP contribution in [-0.2, 0) is 10.1 Å². The van der Waals surface area contributed by atoms with Crippen molar-refractivity contribution in [2.75, 3.05) is 0 Å². The lowest BCUT2D eigenvalue weighted by atomic mass is 10.0. The van der Waals surface area contributed by atoms with Crippen LogP contribution < -0.4 is 0 Å². The van der Waals surface area contributed by atoms with Crippen molar-refractivity contribution in [1.82, 2.24) is 0 Å². The third-order valence-electron chi connectivity index (χ3n) is 4.01. The SMILES string of the molecule is CCCCCCCCC(C(O)CCCCCC)S(=O)(=O)O. The molecule has 0 aromatic carbocycles. The fraction of sp³-hybridized carbons (Fsp3) is 1.00. The number of hydrogen-bond donors (Lipinski definition) is 2. The highest BCUT2D eigenvalue weighted by Gasteiger charge is 2.29. The molecule has 0 radical (unpaired) electrons. The third kappa shape index (κ3) is 11.1. The topological polar surface area (TPSA) is 74.6 Å². The number of hydrogen-bond acceptors (Lipinski definition) is 3. The van der Waals surface area contributed by atoms with Gasteiger partial charge < -0.3 is 5.11 Å². The molecule has 0 saturated carbocycles. The van der Waals surface area contributed by atoms with E-state index in [4.69, 9.17) is 0 Å². The second-order valence-corrected chi connectivity index (χ2v) is 7.66.